The molecule has 4 heteroatoms. The van der Waals surface area contributed by atoms with Gasteiger partial charge in [0, 0.05) is 6.21 Å². The van der Waals surface area contributed by atoms with Crippen molar-refractivity contribution in [1.82, 2.24) is 0 Å². The minimum absolute atomic E-state index is 0.325. The highest BCUT2D eigenvalue weighted by atomic mass is 32.2. The summed E-state index contributed by atoms with van der Waals surface area (Å²) < 4.78 is 20.8. The zero-order valence-corrected chi connectivity index (χ0v) is 11.6. The van der Waals surface area contributed by atoms with E-state index < -0.39 is 11.0 Å². The Morgan fingerprint density at radius 1 is 1.41 bits per heavy atom. The summed E-state index contributed by atoms with van der Waals surface area (Å²) in [4.78, 5) is 0. The van der Waals surface area contributed by atoms with Crippen molar-refractivity contribution in [2.45, 2.75) is 32.4 Å². The largest absolute Gasteiger partial charge is 0.494 e. The molecular weight excluding hydrogens is 234 g/mol. The molecule has 0 spiro atoms. The molecule has 0 aliphatic heterocycles. The maximum absolute atomic E-state index is 11.7. The van der Waals surface area contributed by atoms with Crippen molar-refractivity contribution in [3.05, 3.63) is 29.8 Å². The Bertz CT molecular complexity index is 422. The topological polar surface area (TPSA) is 38.7 Å². The molecule has 0 fully saturated rings. The van der Waals surface area contributed by atoms with E-state index in [1.807, 2.05) is 52.0 Å². The Morgan fingerprint density at radius 3 is 2.71 bits per heavy atom. The van der Waals surface area contributed by atoms with E-state index in [9.17, 15) is 4.21 Å². The van der Waals surface area contributed by atoms with E-state index >= 15 is 0 Å². The van der Waals surface area contributed by atoms with Crippen LogP contribution < -0.4 is 4.74 Å². The molecule has 0 heterocycles. The Balaban J connectivity index is 2.78. The van der Waals surface area contributed by atoms with Gasteiger partial charge in [0.05, 0.1) is 11.4 Å². The van der Waals surface area contributed by atoms with E-state index in [0.717, 1.165) is 11.3 Å². The molecule has 0 N–H and O–H groups in total. The average Bonchev–Trinajstić information content (AvgIpc) is 2.25. The lowest BCUT2D eigenvalue weighted by atomic mass is 10.2. The third-order valence-corrected chi connectivity index (χ3v) is 3.34. The molecule has 0 aromatic heterocycles. The summed E-state index contributed by atoms with van der Waals surface area (Å²) in [6.07, 6.45) is 1.63. The average molecular weight is 253 g/mol. The fourth-order valence-corrected chi connectivity index (χ4v) is 1.65. The summed E-state index contributed by atoms with van der Waals surface area (Å²) in [5, 5.41) is 0. The summed E-state index contributed by atoms with van der Waals surface area (Å²) in [6.45, 7) is 8.27. The number of rotatable bonds is 4. The molecular formula is C13H19NO2S. The van der Waals surface area contributed by atoms with Crippen LogP contribution in [0, 0.1) is 0 Å². The van der Waals surface area contributed by atoms with Gasteiger partial charge in [-0.25, -0.2) is 4.21 Å². The van der Waals surface area contributed by atoms with Crippen LogP contribution in [0.1, 0.15) is 33.3 Å². The summed E-state index contributed by atoms with van der Waals surface area (Å²) in [6, 6.07) is 7.58. The van der Waals surface area contributed by atoms with Gasteiger partial charge in [0.25, 0.3) is 0 Å². The zero-order chi connectivity index (χ0) is 12.9. The van der Waals surface area contributed by atoms with E-state index in [-0.39, 0.29) is 4.75 Å². The molecule has 94 valence electrons. The number of hydrogen-bond acceptors (Lipinski definition) is 2. The van der Waals surface area contributed by atoms with Crippen LogP contribution in [0.25, 0.3) is 0 Å². The second-order valence-corrected chi connectivity index (χ2v) is 6.54. The molecule has 1 rings (SSSR count). The summed E-state index contributed by atoms with van der Waals surface area (Å²) in [5.74, 6) is 0.804. The van der Waals surface area contributed by atoms with Crippen LogP contribution in [0.4, 0.5) is 0 Å². The van der Waals surface area contributed by atoms with Crippen LogP contribution in [0.2, 0.25) is 0 Å². The third kappa shape index (κ3) is 4.69. The fourth-order valence-electron chi connectivity index (χ4n) is 1.12. The van der Waals surface area contributed by atoms with Gasteiger partial charge in [-0.2, -0.15) is 4.40 Å². The SMILES string of the molecule is CCOc1cccc(/C=N/[S@](=O)C(C)(C)C)c1. The molecule has 0 aliphatic rings. The van der Waals surface area contributed by atoms with Gasteiger partial charge in [0.2, 0.25) is 0 Å². The molecule has 17 heavy (non-hydrogen) atoms. The summed E-state index contributed by atoms with van der Waals surface area (Å²) >= 11 is 0. The molecule has 1 aromatic rings. The number of ether oxygens (including phenoxy) is 1. The smallest absolute Gasteiger partial charge is 0.144 e. The van der Waals surface area contributed by atoms with Crippen LogP contribution in [0.5, 0.6) is 5.75 Å². The van der Waals surface area contributed by atoms with E-state index in [4.69, 9.17) is 4.74 Å². The second-order valence-electron chi connectivity index (χ2n) is 4.60. The van der Waals surface area contributed by atoms with Crippen LogP contribution >= 0.6 is 0 Å². The number of nitrogens with zero attached hydrogens (tertiary/aromatic N) is 1. The van der Waals surface area contributed by atoms with Gasteiger partial charge < -0.3 is 4.74 Å². The first-order valence-corrected chi connectivity index (χ1v) is 6.73. The Labute approximate surface area is 106 Å². The van der Waals surface area contributed by atoms with Crippen molar-refractivity contribution < 1.29 is 8.95 Å². The Kier molecular flexibility index (Phi) is 4.87. The maximum Gasteiger partial charge on any atom is 0.144 e. The lowest BCUT2D eigenvalue weighted by molar-refractivity contribution is 0.340. The highest BCUT2D eigenvalue weighted by Gasteiger charge is 2.17. The van der Waals surface area contributed by atoms with Gasteiger partial charge in [-0.1, -0.05) is 12.1 Å². The van der Waals surface area contributed by atoms with Gasteiger partial charge in [0.15, 0.2) is 0 Å². The van der Waals surface area contributed by atoms with E-state index in [1.165, 1.54) is 0 Å². The minimum atomic E-state index is -1.22. The van der Waals surface area contributed by atoms with Crippen molar-refractivity contribution in [3.8, 4) is 5.75 Å². The van der Waals surface area contributed by atoms with Crippen molar-refractivity contribution in [3.63, 3.8) is 0 Å². The van der Waals surface area contributed by atoms with Gasteiger partial charge in [0.1, 0.15) is 16.7 Å². The van der Waals surface area contributed by atoms with Crippen LogP contribution in [-0.4, -0.2) is 21.8 Å². The molecule has 0 amide bonds. The molecule has 0 bridgehead atoms. The summed E-state index contributed by atoms with van der Waals surface area (Å²) in [5.41, 5.74) is 0.897. The Morgan fingerprint density at radius 2 is 2.12 bits per heavy atom. The van der Waals surface area contributed by atoms with Crippen LogP contribution in [0.3, 0.4) is 0 Å². The third-order valence-electron chi connectivity index (χ3n) is 1.99. The zero-order valence-electron chi connectivity index (χ0n) is 10.8. The monoisotopic (exact) mass is 253 g/mol. The first-order valence-electron chi connectivity index (χ1n) is 5.62. The standard InChI is InChI=1S/C13H19NO2S/c1-5-16-12-8-6-7-11(9-12)10-14-17(15)13(2,3)4/h6-10H,5H2,1-4H3/b14-10+/t17-/m1/s1. The maximum atomic E-state index is 11.7. The molecule has 0 saturated carbocycles. The van der Waals surface area contributed by atoms with E-state index in [0.29, 0.717) is 6.61 Å². The number of benzene rings is 1. The van der Waals surface area contributed by atoms with Crippen LogP contribution in [0.15, 0.2) is 28.7 Å². The number of hydrogen-bond donors (Lipinski definition) is 0. The van der Waals surface area contributed by atoms with Crippen molar-refractivity contribution in [2.75, 3.05) is 6.61 Å². The molecule has 0 radical (unpaired) electrons. The minimum Gasteiger partial charge on any atom is -0.494 e. The second kappa shape index (κ2) is 5.96. The van der Waals surface area contributed by atoms with Gasteiger partial charge in [-0.3, -0.25) is 0 Å². The lowest BCUT2D eigenvalue weighted by Crippen LogP contribution is -2.19. The molecule has 0 saturated heterocycles. The lowest BCUT2D eigenvalue weighted by Gasteiger charge is -2.12. The van der Waals surface area contributed by atoms with E-state index in [1.54, 1.807) is 6.21 Å². The summed E-state index contributed by atoms with van der Waals surface area (Å²) in [7, 11) is -1.22. The van der Waals surface area contributed by atoms with Crippen LogP contribution in [-0.2, 0) is 11.0 Å². The molecule has 1 atom stereocenters. The first-order chi connectivity index (χ1) is 7.93. The quantitative estimate of drug-likeness (QED) is 0.774. The van der Waals surface area contributed by atoms with Gasteiger partial charge >= 0.3 is 0 Å². The molecule has 1 aromatic carbocycles. The van der Waals surface area contributed by atoms with Crippen molar-refractivity contribution >= 4 is 17.2 Å². The molecule has 0 aliphatic carbocycles. The first kappa shape index (κ1) is 13.9. The van der Waals surface area contributed by atoms with Crippen molar-refractivity contribution in [1.29, 1.82) is 0 Å². The highest BCUT2D eigenvalue weighted by Crippen LogP contribution is 2.14. The molecule has 3 nitrogen and oxygen atoms in total. The van der Waals surface area contributed by atoms with Gasteiger partial charge in [-0.05, 0) is 45.4 Å². The Hall–Kier alpha value is -1.16. The normalized spacial score (nSPS) is 13.9. The van der Waals surface area contributed by atoms with Gasteiger partial charge in [-0.15, -0.1) is 0 Å². The van der Waals surface area contributed by atoms with Crippen molar-refractivity contribution in [2.24, 2.45) is 4.40 Å². The fraction of sp³-hybridized carbons (Fsp3) is 0.462. The highest BCUT2D eigenvalue weighted by molar-refractivity contribution is 7.85. The predicted molar refractivity (Wildman–Crippen MR) is 73.1 cm³/mol. The predicted octanol–water partition coefficient (Wildman–Crippen LogP) is 2.97. The van der Waals surface area contributed by atoms with E-state index in [2.05, 4.69) is 4.40 Å². The molecule has 0 unspecified atom stereocenters.